The molecule has 3 heterocycles. The van der Waals surface area contributed by atoms with Gasteiger partial charge in [0.05, 0.1) is 18.9 Å². The highest BCUT2D eigenvalue weighted by Crippen LogP contribution is 2.34. The van der Waals surface area contributed by atoms with E-state index in [1.807, 2.05) is 55.7 Å². The fraction of sp³-hybridized carbons (Fsp3) is 0.333. The van der Waals surface area contributed by atoms with Gasteiger partial charge >= 0.3 is 0 Å². The van der Waals surface area contributed by atoms with Crippen molar-refractivity contribution in [3.8, 4) is 17.0 Å². The highest BCUT2D eigenvalue weighted by atomic mass is 32.2. The lowest BCUT2D eigenvalue weighted by molar-refractivity contribution is 0.0323. The Morgan fingerprint density at radius 1 is 1.19 bits per heavy atom. The number of morpholine rings is 1. The van der Waals surface area contributed by atoms with Crippen molar-refractivity contribution in [2.24, 2.45) is 4.36 Å². The predicted molar refractivity (Wildman–Crippen MR) is 149 cm³/mol. The molecule has 0 radical (unpaired) electrons. The van der Waals surface area contributed by atoms with Gasteiger partial charge in [-0.15, -0.1) is 0 Å². The van der Waals surface area contributed by atoms with Crippen molar-refractivity contribution in [3.05, 3.63) is 60.4 Å². The molecule has 1 aliphatic heterocycles. The Morgan fingerprint density at radius 3 is 2.81 bits per heavy atom. The fourth-order valence-corrected chi connectivity index (χ4v) is 4.93. The molecule has 0 amide bonds. The van der Waals surface area contributed by atoms with E-state index in [9.17, 15) is 4.21 Å². The van der Waals surface area contributed by atoms with Gasteiger partial charge in [-0.3, -0.25) is 4.90 Å². The van der Waals surface area contributed by atoms with Gasteiger partial charge in [-0.1, -0.05) is 18.2 Å². The molecule has 0 bridgehead atoms. The zero-order valence-electron chi connectivity index (χ0n) is 21.4. The lowest BCUT2D eigenvalue weighted by Gasteiger charge is -2.26. The quantitative estimate of drug-likeness (QED) is 0.346. The van der Waals surface area contributed by atoms with Gasteiger partial charge in [-0.2, -0.15) is 4.36 Å². The first-order chi connectivity index (χ1) is 17.9. The molecule has 37 heavy (non-hydrogen) atoms. The number of aromatic nitrogens is 3. The zero-order valence-corrected chi connectivity index (χ0v) is 22.2. The van der Waals surface area contributed by atoms with E-state index < -0.39 is 9.73 Å². The first-order valence-electron chi connectivity index (χ1n) is 12.3. The normalized spacial score (nSPS) is 14.6. The monoisotopic (exact) mass is 520 g/mol. The number of rotatable bonds is 8. The molecule has 1 saturated heterocycles. The van der Waals surface area contributed by atoms with Crippen LogP contribution in [0.25, 0.3) is 22.2 Å². The summed E-state index contributed by atoms with van der Waals surface area (Å²) in [4.78, 5) is 14.9. The molecule has 2 aromatic heterocycles. The average Bonchev–Trinajstić information content (AvgIpc) is 3.30. The summed E-state index contributed by atoms with van der Waals surface area (Å²) in [6.45, 7) is 6.54. The van der Waals surface area contributed by atoms with Crippen LogP contribution in [0.3, 0.4) is 0 Å². The van der Waals surface area contributed by atoms with E-state index in [2.05, 4.69) is 30.6 Å². The SMILES string of the molecule is Cc1cnc(Nc2ccc(N=S(C)(C)=O)c(OCCN3CCOCC3)c2)nc1-c1c[nH]c2ccccc12. The second-order valence-corrected chi connectivity index (χ2v) is 11.9. The Kier molecular flexibility index (Phi) is 7.40. The number of hydrogen-bond acceptors (Lipinski definition) is 8. The lowest BCUT2D eigenvalue weighted by Crippen LogP contribution is -2.38. The number of fused-ring (bicyclic) bond motifs is 1. The molecular formula is C27H32N6O3S. The molecular weight excluding hydrogens is 488 g/mol. The van der Waals surface area contributed by atoms with Gasteiger partial charge in [0.25, 0.3) is 0 Å². The van der Waals surface area contributed by atoms with Crippen molar-refractivity contribution in [2.75, 3.05) is 57.3 Å². The first-order valence-corrected chi connectivity index (χ1v) is 14.6. The van der Waals surface area contributed by atoms with Crippen molar-refractivity contribution >= 4 is 38.0 Å². The summed E-state index contributed by atoms with van der Waals surface area (Å²) < 4.78 is 28.3. The van der Waals surface area contributed by atoms with E-state index in [1.165, 1.54) is 0 Å². The summed E-state index contributed by atoms with van der Waals surface area (Å²) >= 11 is 0. The minimum atomic E-state index is -2.35. The third-order valence-electron chi connectivity index (χ3n) is 6.12. The Bertz CT molecular complexity index is 1510. The van der Waals surface area contributed by atoms with Gasteiger partial charge in [0.15, 0.2) is 0 Å². The maximum atomic E-state index is 12.4. The number of hydrogen-bond donors (Lipinski definition) is 2. The van der Waals surface area contributed by atoms with Gasteiger partial charge in [-0.05, 0) is 30.7 Å². The van der Waals surface area contributed by atoms with Crippen molar-refractivity contribution in [3.63, 3.8) is 0 Å². The fourth-order valence-electron chi connectivity index (χ4n) is 4.30. The van der Waals surface area contributed by atoms with Crippen LogP contribution in [0.5, 0.6) is 5.75 Å². The summed E-state index contributed by atoms with van der Waals surface area (Å²) in [5.74, 6) is 1.04. The number of nitrogens with one attached hydrogen (secondary N) is 2. The Hall–Kier alpha value is -3.47. The number of ether oxygens (including phenoxy) is 2. The summed E-state index contributed by atoms with van der Waals surface area (Å²) in [7, 11) is -2.35. The summed E-state index contributed by atoms with van der Waals surface area (Å²) in [5, 5.41) is 4.41. The van der Waals surface area contributed by atoms with Crippen LogP contribution in [0, 0.1) is 6.92 Å². The van der Waals surface area contributed by atoms with Gasteiger partial charge in [0, 0.05) is 82.5 Å². The van der Waals surface area contributed by atoms with Gasteiger partial charge < -0.3 is 19.8 Å². The van der Waals surface area contributed by atoms with Crippen molar-refractivity contribution < 1.29 is 13.7 Å². The minimum Gasteiger partial charge on any atom is -0.490 e. The van der Waals surface area contributed by atoms with Gasteiger partial charge in [0.2, 0.25) is 5.95 Å². The highest BCUT2D eigenvalue weighted by molar-refractivity contribution is 7.92. The van der Waals surface area contributed by atoms with Crippen molar-refractivity contribution in [2.45, 2.75) is 6.92 Å². The standard InChI is InChI=1S/C27H32N6O3S/c1-19-17-29-27(31-26(19)22-18-28-23-7-5-4-6-21(22)23)30-20-8-9-24(32-37(2,3)34)25(16-20)36-15-12-33-10-13-35-14-11-33/h4-9,16-18,28H,10-15H2,1-3H3,(H,29,30,31). The Morgan fingerprint density at radius 2 is 2.00 bits per heavy atom. The number of para-hydroxylation sites is 1. The predicted octanol–water partition coefficient (Wildman–Crippen LogP) is 4.75. The summed E-state index contributed by atoms with van der Waals surface area (Å²) in [6, 6.07) is 13.7. The molecule has 0 saturated carbocycles. The van der Waals surface area contributed by atoms with Crippen LogP contribution in [0.4, 0.5) is 17.3 Å². The van der Waals surface area contributed by atoms with Crippen molar-refractivity contribution in [1.82, 2.24) is 19.9 Å². The topological polar surface area (TPSA) is 105 Å². The molecule has 1 aliphatic rings. The molecule has 1 fully saturated rings. The van der Waals surface area contributed by atoms with Crippen LogP contribution >= 0.6 is 0 Å². The van der Waals surface area contributed by atoms with E-state index in [0.29, 0.717) is 24.0 Å². The van der Waals surface area contributed by atoms with Gasteiger partial charge in [0.1, 0.15) is 18.0 Å². The highest BCUT2D eigenvalue weighted by Gasteiger charge is 2.14. The molecule has 4 aromatic rings. The minimum absolute atomic E-state index is 0.476. The third kappa shape index (κ3) is 6.27. The van der Waals surface area contributed by atoms with Crippen LogP contribution in [-0.2, 0) is 14.5 Å². The van der Waals surface area contributed by atoms with Crippen LogP contribution in [0.15, 0.2) is 59.2 Å². The number of aryl methyl sites for hydroxylation is 1. The van der Waals surface area contributed by atoms with Crippen LogP contribution in [0.2, 0.25) is 0 Å². The molecule has 0 aliphatic carbocycles. The maximum absolute atomic E-state index is 12.4. The van der Waals surface area contributed by atoms with Crippen molar-refractivity contribution in [1.29, 1.82) is 0 Å². The number of nitrogens with zero attached hydrogens (tertiary/aromatic N) is 4. The zero-order chi connectivity index (χ0) is 25.8. The molecule has 0 unspecified atom stereocenters. The van der Waals surface area contributed by atoms with Gasteiger partial charge in [-0.25, -0.2) is 14.2 Å². The number of benzene rings is 2. The molecule has 2 aromatic carbocycles. The van der Waals surface area contributed by atoms with Crippen LogP contribution in [0.1, 0.15) is 5.56 Å². The number of anilines is 2. The molecule has 10 heteroatoms. The molecule has 0 atom stereocenters. The molecule has 194 valence electrons. The Labute approximate surface area is 217 Å². The number of H-pyrrole nitrogens is 1. The summed E-state index contributed by atoms with van der Waals surface area (Å²) in [5.41, 5.74) is 5.25. The third-order valence-corrected chi connectivity index (χ3v) is 6.76. The summed E-state index contributed by atoms with van der Waals surface area (Å²) in [6.07, 6.45) is 7.03. The second kappa shape index (κ2) is 10.9. The lowest BCUT2D eigenvalue weighted by atomic mass is 10.1. The Balaban J connectivity index is 1.39. The molecule has 5 rings (SSSR count). The smallest absolute Gasteiger partial charge is 0.227 e. The number of aromatic amines is 1. The molecule has 0 spiro atoms. The van der Waals surface area contributed by atoms with E-state index in [0.717, 1.165) is 66.3 Å². The van der Waals surface area contributed by atoms with E-state index in [-0.39, 0.29) is 0 Å². The van der Waals surface area contributed by atoms with E-state index in [1.54, 1.807) is 12.5 Å². The maximum Gasteiger partial charge on any atom is 0.227 e. The molecule has 2 N–H and O–H groups in total. The largest absolute Gasteiger partial charge is 0.490 e. The second-order valence-electron chi connectivity index (χ2n) is 9.36. The van der Waals surface area contributed by atoms with E-state index >= 15 is 0 Å². The van der Waals surface area contributed by atoms with Crippen LogP contribution in [-0.4, -0.2) is 76.0 Å². The van der Waals surface area contributed by atoms with Crippen LogP contribution < -0.4 is 10.1 Å². The first kappa shape index (κ1) is 25.2. The molecule has 9 nitrogen and oxygen atoms in total. The van der Waals surface area contributed by atoms with E-state index in [4.69, 9.17) is 14.5 Å². The average molecular weight is 521 g/mol.